The van der Waals surface area contributed by atoms with Gasteiger partial charge < -0.3 is 20.8 Å². The number of fused-ring (bicyclic) bond motifs is 1. The summed E-state index contributed by atoms with van der Waals surface area (Å²) in [7, 11) is 0. The molecule has 1 aromatic carbocycles. The van der Waals surface area contributed by atoms with E-state index in [4.69, 9.17) is 5.73 Å². The number of aryl methyl sites for hydroxylation is 1. The Morgan fingerprint density at radius 3 is 2.79 bits per heavy atom. The molecule has 24 heavy (non-hydrogen) atoms. The third-order valence-corrected chi connectivity index (χ3v) is 5.11. The summed E-state index contributed by atoms with van der Waals surface area (Å²) in [5.41, 5.74) is 8.61. The van der Waals surface area contributed by atoms with Crippen LogP contribution in [0.4, 0.5) is 0 Å². The second-order valence-electron chi connectivity index (χ2n) is 6.75. The number of carbonyl (C=O) groups excluding carboxylic acids is 1. The minimum absolute atomic E-state index is 0.0175. The first kappa shape index (κ1) is 17.4. The van der Waals surface area contributed by atoms with Crippen molar-refractivity contribution in [2.75, 3.05) is 6.54 Å². The van der Waals surface area contributed by atoms with Crippen LogP contribution in [0.3, 0.4) is 0 Å². The predicted octanol–water partition coefficient (Wildman–Crippen LogP) is 0.703. The lowest BCUT2D eigenvalue weighted by Gasteiger charge is -2.37. The number of hydrogen-bond donors (Lipinski definition) is 4. The Labute approximate surface area is 142 Å². The molecule has 3 atom stereocenters. The van der Waals surface area contributed by atoms with Crippen molar-refractivity contribution in [1.29, 1.82) is 0 Å². The number of rotatable bonds is 6. The number of benzene rings is 1. The van der Waals surface area contributed by atoms with Gasteiger partial charge in [-0.25, -0.2) is 0 Å². The molecule has 0 aliphatic carbocycles. The monoisotopic (exact) mass is 333 g/mol. The van der Waals surface area contributed by atoms with E-state index in [0.29, 0.717) is 19.4 Å². The molecule has 3 rings (SSSR count). The van der Waals surface area contributed by atoms with Crippen molar-refractivity contribution in [2.45, 2.75) is 63.6 Å². The van der Waals surface area contributed by atoms with Crippen molar-refractivity contribution in [1.82, 2.24) is 10.2 Å². The summed E-state index contributed by atoms with van der Waals surface area (Å²) in [6, 6.07) is 5.62. The molecule has 6 nitrogen and oxygen atoms in total. The van der Waals surface area contributed by atoms with E-state index in [2.05, 4.69) is 11.4 Å². The molecule has 2 aliphatic rings. The maximum absolute atomic E-state index is 12.8. The Kier molecular flexibility index (Phi) is 5.50. The molecule has 5 N–H and O–H groups in total. The summed E-state index contributed by atoms with van der Waals surface area (Å²) in [5.74, 6) is -0.0175. The lowest BCUT2D eigenvalue weighted by Crippen LogP contribution is -2.56. The molecule has 1 amide bonds. The van der Waals surface area contributed by atoms with Gasteiger partial charge in [-0.15, -0.1) is 0 Å². The van der Waals surface area contributed by atoms with Crippen LogP contribution >= 0.6 is 0 Å². The van der Waals surface area contributed by atoms with Gasteiger partial charge >= 0.3 is 0 Å². The molecular weight excluding hydrogens is 306 g/mol. The van der Waals surface area contributed by atoms with Gasteiger partial charge in [0.1, 0.15) is 12.5 Å². The van der Waals surface area contributed by atoms with Crippen molar-refractivity contribution >= 4 is 5.91 Å². The number of nitrogens with one attached hydrogen (secondary N) is 1. The maximum atomic E-state index is 12.8. The standard InChI is InChI=1S/C18H27N3O3/c19-10-3-1-2-5-12-6-4-7-13-14(12)11-21(18(13)24)15-8-9-16(22)20-17(15)23/h4,6-7,15-17,20,22-23H,1-3,5,8-11,19H2. The summed E-state index contributed by atoms with van der Waals surface area (Å²) in [4.78, 5) is 14.5. The maximum Gasteiger partial charge on any atom is 0.254 e. The molecule has 0 bridgehead atoms. The molecule has 132 valence electrons. The van der Waals surface area contributed by atoms with Crippen molar-refractivity contribution < 1.29 is 15.0 Å². The largest absolute Gasteiger partial charge is 0.379 e. The number of aliphatic hydroxyl groups is 2. The number of nitrogens with zero attached hydrogens (tertiary/aromatic N) is 1. The Morgan fingerprint density at radius 2 is 2.04 bits per heavy atom. The zero-order valence-electron chi connectivity index (χ0n) is 13.9. The van der Waals surface area contributed by atoms with E-state index < -0.39 is 12.5 Å². The summed E-state index contributed by atoms with van der Waals surface area (Å²) >= 11 is 0. The molecule has 1 saturated heterocycles. The molecular formula is C18H27N3O3. The highest BCUT2D eigenvalue weighted by Crippen LogP contribution is 2.31. The van der Waals surface area contributed by atoms with E-state index in [1.54, 1.807) is 4.90 Å². The Morgan fingerprint density at radius 1 is 1.21 bits per heavy atom. The first-order valence-electron chi connectivity index (χ1n) is 8.86. The highest BCUT2D eigenvalue weighted by Gasteiger charge is 2.39. The van der Waals surface area contributed by atoms with Gasteiger partial charge in [0, 0.05) is 12.1 Å². The van der Waals surface area contributed by atoms with Gasteiger partial charge in [0.25, 0.3) is 5.91 Å². The first-order valence-corrected chi connectivity index (χ1v) is 8.86. The Hall–Kier alpha value is -1.47. The smallest absolute Gasteiger partial charge is 0.254 e. The topological polar surface area (TPSA) is 98.8 Å². The van der Waals surface area contributed by atoms with Crippen LogP contribution in [-0.2, 0) is 13.0 Å². The summed E-state index contributed by atoms with van der Waals surface area (Å²) < 4.78 is 0. The fraction of sp³-hybridized carbons (Fsp3) is 0.611. The number of piperidine rings is 1. The third-order valence-electron chi connectivity index (χ3n) is 5.11. The van der Waals surface area contributed by atoms with Gasteiger partial charge in [-0.1, -0.05) is 18.6 Å². The molecule has 2 heterocycles. The van der Waals surface area contributed by atoms with Gasteiger partial charge in [0.15, 0.2) is 0 Å². The minimum atomic E-state index is -0.889. The molecule has 0 spiro atoms. The molecule has 1 aromatic rings. The van der Waals surface area contributed by atoms with Gasteiger partial charge in [0.05, 0.1) is 6.04 Å². The van der Waals surface area contributed by atoms with Gasteiger partial charge in [0.2, 0.25) is 0 Å². The number of amides is 1. The molecule has 0 radical (unpaired) electrons. The third kappa shape index (κ3) is 3.47. The molecule has 0 saturated carbocycles. The van der Waals surface area contributed by atoms with Crippen LogP contribution in [-0.4, -0.2) is 46.1 Å². The Balaban J connectivity index is 1.72. The normalized spacial score (nSPS) is 26.7. The molecule has 1 fully saturated rings. The van der Waals surface area contributed by atoms with Crippen LogP contribution < -0.4 is 11.1 Å². The van der Waals surface area contributed by atoms with E-state index in [9.17, 15) is 15.0 Å². The second kappa shape index (κ2) is 7.61. The summed E-state index contributed by atoms with van der Waals surface area (Å²) in [5, 5.41) is 22.5. The number of nitrogens with two attached hydrogens (primary N) is 1. The van der Waals surface area contributed by atoms with Crippen LogP contribution in [0.2, 0.25) is 0 Å². The summed E-state index contributed by atoms with van der Waals surface area (Å²) in [6.45, 7) is 1.26. The Bertz CT molecular complexity index is 593. The summed E-state index contributed by atoms with van der Waals surface area (Å²) in [6.07, 6.45) is 3.70. The van der Waals surface area contributed by atoms with E-state index in [1.165, 1.54) is 5.56 Å². The zero-order chi connectivity index (χ0) is 17.1. The van der Waals surface area contributed by atoms with Crippen molar-refractivity contribution in [2.24, 2.45) is 5.73 Å². The predicted molar refractivity (Wildman–Crippen MR) is 91.1 cm³/mol. The average Bonchev–Trinajstić information content (AvgIpc) is 2.89. The molecule has 0 aromatic heterocycles. The minimum Gasteiger partial charge on any atom is -0.379 e. The SMILES string of the molecule is NCCCCCc1cccc2c1CN(C1CCC(O)NC1O)C2=O. The first-order chi connectivity index (χ1) is 11.6. The van der Waals surface area contributed by atoms with Gasteiger partial charge in [-0.2, -0.15) is 0 Å². The van der Waals surface area contributed by atoms with Crippen LogP contribution in [0.5, 0.6) is 0 Å². The second-order valence-corrected chi connectivity index (χ2v) is 6.75. The number of carbonyl (C=O) groups is 1. The lowest BCUT2D eigenvalue weighted by molar-refractivity contribution is -0.0477. The van der Waals surface area contributed by atoms with Crippen molar-refractivity contribution in [3.63, 3.8) is 0 Å². The van der Waals surface area contributed by atoms with E-state index >= 15 is 0 Å². The van der Waals surface area contributed by atoms with Crippen molar-refractivity contribution in [3.8, 4) is 0 Å². The van der Waals surface area contributed by atoms with E-state index in [-0.39, 0.29) is 11.9 Å². The highest BCUT2D eigenvalue weighted by atomic mass is 16.3. The average molecular weight is 333 g/mol. The lowest BCUT2D eigenvalue weighted by atomic mass is 9.98. The fourth-order valence-electron chi connectivity index (χ4n) is 3.76. The quantitative estimate of drug-likeness (QED) is 0.575. The van der Waals surface area contributed by atoms with Crippen molar-refractivity contribution in [3.05, 3.63) is 34.9 Å². The van der Waals surface area contributed by atoms with Crippen LogP contribution in [0, 0.1) is 0 Å². The molecule has 3 unspecified atom stereocenters. The fourth-order valence-corrected chi connectivity index (χ4v) is 3.76. The van der Waals surface area contributed by atoms with Gasteiger partial charge in [-0.3, -0.25) is 10.1 Å². The molecule has 6 heteroatoms. The van der Waals surface area contributed by atoms with E-state index in [0.717, 1.165) is 43.4 Å². The highest BCUT2D eigenvalue weighted by molar-refractivity contribution is 5.99. The van der Waals surface area contributed by atoms with Crippen LogP contribution in [0.15, 0.2) is 18.2 Å². The number of unbranched alkanes of at least 4 members (excludes halogenated alkanes) is 2. The van der Waals surface area contributed by atoms with Crippen LogP contribution in [0.25, 0.3) is 0 Å². The van der Waals surface area contributed by atoms with Crippen LogP contribution in [0.1, 0.15) is 53.6 Å². The number of hydrogen-bond acceptors (Lipinski definition) is 5. The van der Waals surface area contributed by atoms with Gasteiger partial charge in [-0.05, 0) is 55.8 Å². The molecule has 2 aliphatic heterocycles. The number of aliphatic hydroxyl groups excluding tert-OH is 2. The van der Waals surface area contributed by atoms with E-state index in [1.807, 2.05) is 12.1 Å². The zero-order valence-corrected chi connectivity index (χ0v) is 13.9.